The van der Waals surface area contributed by atoms with E-state index < -0.39 is 0 Å². The van der Waals surface area contributed by atoms with Crippen LogP contribution in [0.1, 0.15) is 23.7 Å². The minimum atomic E-state index is -0.207. The Hall–Kier alpha value is -2.61. The zero-order chi connectivity index (χ0) is 17.4. The Morgan fingerprint density at radius 2 is 2.16 bits per heavy atom. The molecule has 2 unspecified atom stereocenters. The highest BCUT2D eigenvalue weighted by molar-refractivity contribution is 5.78. The summed E-state index contributed by atoms with van der Waals surface area (Å²) in [7, 11) is 1.63. The molecule has 0 spiro atoms. The molecule has 8 heteroatoms. The molecule has 0 aliphatic carbocycles. The Bertz CT molecular complexity index is 843. The monoisotopic (exact) mass is 343 g/mol. The average Bonchev–Trinajstić information content (AvgIpc) is 3.09. The van der Waals surface area contributed by atoms with Crippen molar-refractivity contribution in [2.45, 2.75) is 24.9 Å². The van der Waals surface area contributed by atoms with Gasteiger partial charge in [-0.05, 0) is 18.1 Å². The summed E-state index contributed by atoms with van der Waals surface area (Å²) in [4.78, 5) is 28.1. The molecule has 2 aliphatic heterocycles. The highest BCUT2D eigenvalue weighted by atomic mass is 16.5. The highest BCUT2D eigenvalue weighted by Crippen LogP contribution is 2.39. The Balaban J connectivity index is 1.52. The van der Waals surface area contributed by atoms with Crippen LogP contribution in [0.25, 0.3) is 0 Å². The summed E-state index contributed by atoms with van der Waals surface area (Å²) in [5.74, 6) is 0.904. The van der Waals surface area contributed by atoms with Gasteiger partial charge in [-0.1, -0.05) is 18.2 Å². The van der Waals surface area contributed by atoms with Crippen LogP contribution in [0.5, 0.6) is 0 Å². The number of H-pyrrole nitrogens is 1. The van der Waals surface area contributed by atoms with E-state index in [0.29, 0.717) is 24.9 Å². The van der Waals surface area contributed by atoms with Gasteiger partial charge in [-0.3, -0.25) is 9.78 Å². The van der Waals surface area contributed by atoms with Gasteiger partial charge in [0.05, 0.1) is 19.2 Å². The van der Waals surface area contributed by atoms with E-state index >= 15 is 0 Å². The second-order valence-electron chi connectivity index (χ2n) is 6.65. The zero-order valence-corrected chi connectivity index (χ0v) is 14.1. The fourth-order valence-corrected chi connectivity index (χ4v) is 3.72. The van der Waals surface area contributed by atoms with Gasteiger partial charge in [-0.25, -0.2) is 9.48 Å². The van der Waals surface area contributed by atoms with Crippen LogP contribution in [0, 0.1) is 0 Å². The van der Waals surface area contributed by atoms with Crippen LogP contribution >= 0.6 is 0 Å². The van der Waals surface area contributed by atoms with Gasteiger partial charge in [0, 0.05) is 25.2 Å². The molecular formula is C17H21N5O3. The number of fused-ring (bicyclic) bond motifs is 1. The third-order valence-corrected chi connectivity index (χ3v) is 4.80. The van der Waals surface area contributed by atoms with E-state index in [2.05, 4.69) is 32.4 Å². The van der Waals surface area contributed by atoms with E-state index in [9.17, 15) is 9.59 Å². The molecule has 0 bridgehead atoms. The van der Waals surface area contributed by atoms with Crippen molar-refractivity contribution >= 4 is 11.6 Å². The summed E-state index contributed by atoms with van der Waals surface area (Å²) in [6.07, 6.45) is 0.831. The van der Waals surface area contributed by atoms with Crippen LogP contribution in [-0.4, -0.2) is 46.5 Å². The average molecular weight is 343 g/mol. The molecule has 2 aromatic rings. The first-order chi connectivity index (χ1) is 12.1. The Morgan fingerprint density at radius 3 is 2.92 bits per heavy atom. The van der Waals surface area contributed by atoms with Crippen LogP contribution in [0.4, 0.5) is 5.69 Å². The summed E-state index contributed by atoms with van der Waals surface area (Å²) in [5.41, 5.74) is 2.21. The Labute approximate surface area is 144 Å². The van der Waals surface area contributed by atoms with Crippen molar-refractivity contribution in [3.05, 3.63) is 46.1 Å². The van der Waals surface area contributed by atoms with E-state index in [1.54, 1.807) is 7.05 Å². The van der Waals surface area contributed by atoms with Gasteiger partial charge in [0.2, 0.25) is 5.91 Å². The molecule has 4 rings (SSSR count). The van der Waals surface area contributed by atoms with Crippen molar-refractivity contribution in [1.29, 1.82) is 0 Å². The predicted octanol–water partition coefficient (Wildman–Crippen LogP) is 0.117. The number of rotatable bonds is 4. The number of aromatic nitrogens is 3. The Kier molecular flexibility index (Phi) is 4.04. The van der Waals surface area contributed by atoms with Gasteiger partial charge in [-0.2, -0.15) is 5.10 Å². The van der Waals surface area contributed by atoms with Crippen molar-refractivity contribution in [3.63, 3.8) is 0 Å². The van der Waals surface area contributed by atoms with Gasteiger partial charge in [0.15, 0.2) is 5.82 Å². The molecule has 3 heterocycles. The van der Waals surface area contributed by atoms with Gasteiger partial charge >= 0.3 is 5.69 Å². The van der Waals surface area contributed by atoms with E-state index in [4.69, 9.17) is 4.74 Å². The highest BCUT2D eigenvalue weighted by Gasteiger charge is 2.32. The summed E-state index contributed by atoms with van der Waals surface area (Å²) in [5, 5.41) is 7.23. The number of para-hydroxylation sites is 1. The quantitative estimate of drug-likeness (QED) is 0.822. The summed E-state index contributed by atoms with van der Waals surface area (Å²) >= 11 is 0. The molecule has 1 aromatic carbocycles. The van der Waals surface area contributed by atoms with E-state index in [-0.39, 0.29) is 24.2 Å². The van der Waals surface area contributed by atoms with Crippen molar-refractivity contribution in [3.8, 4) is 0 Å². The van der Waals surface area contributed by atoms with Crippen molar-refractivity contribution in [1.82, 2.24) is 20.1 Å². The number of nitrogens with zero attached hydrogens (tertiary/aromatic N) is 3. The SMILES string of the molecule is Cn1nc(CN2CC(CC3COCC(=O)N3)c3ccccc32)[nH]c1=O. The first-order valence-electron chi connectivity index (χ1n) is 8.43. The number of nitrogens with one attached hydrogen (secondary N) is 2. The lowest BCUT2D eigenvalue weighted by molar-refractivity contribution is -0.131. The van der Waals surface area contributed by atoms with Gasteiger partial charge < -0.3 is 15.0 Å². The Morgan fingerprint density at radius 1 is 1.32 bits per heavy atom. The fraction of sp³-hybridized carbons (Fsp3) is 0.471. The first-order valence-corrected chi connectivity index (χ1v) is 8.43. The van der Waals surface area contributed by atoms with E-state index in [1.807, 2.05) is 12.1 Å². The maximum atomic E-state index is 11.6. The van der Waals surface area contributed by atoms with Crippen molar-refractivity contribution in [2.24, 2.45) is 7.05 Å². The number of hydrogen-bond acceptors (Lipinski definition) is 5. The number of aryl methyl sites for hydroxylation is 1. The predicted molar refractivity (Wildman–Crippen MR) is 91.4 cm³/mol. The number of benzene rings is 1. The molecule has 1 fully saturated rings. The number of ether oxygens (including phenoxy) is 1. The normalized spacial score (nSPS) is 22.8. The third kappa shape index (κ3) is 3.17. The van der Waals surface area contributed by atoms with E-state index in [1.165, 1.54) is 10.2 Å². The standard InChI is InChI=1S/C17H21N5O3/c1-21-17(24)19-15(20-21)8-22-7-11(13-4-2-3-5-14(13)22)6-12-9-25-10-16(23)18-12/h2-5,11-12H,6-10H2,1H3,(H,18,23)(H,19,20,24). The summed E-state index contributed by atoms with van der Waals surface area (Å²) < 4.78 is 6.66. The second kappa shape index (κ2) is 6.36. The first kappa shape index (κ1) is 15.9. The fourth-order valence-electron chi connectivity index (χ4n) is 3.72. The number of aromatic amines is 1. The number of carbonyl (C=O) groups excluding carboxylic acids is 1. The molecule has 2 atom stereocenters. The minimum Gasteiger partial charge on any atom is -0.370 e. The van der Waals surface area contributed by atoms with Crippen molar-refractivity contribution in [2.75, 3.05) is 24.7 Å². The van der Waals surface area contributed by atoms with Gasteiger partial charge in [0.1, 0.15) is 6.61 Å². The largest absolute Gasteiger partial charge is 0.370 e. The zero-order valence-electron chi connectivity index (χ0n) is 14.1. The smallest absolute Gasteiger partial charge is 0.343 e. The summed E-state index contributed by atoms with van der Waals surface area (Å²) in [6, 6.07) is 8.31. The molecule has 1 saturated heterocycles. The minimum absolute atomic E-state index is 0.0360. The molecule has 1 aromatic heterocycles. The number of amides is 1. The van der Waals surface area contributed by atoms with Gasteiger partial charge in [0.25, 0.3) is 0 Å². The molecule has 2 aliphatic rings. The maximum absolute atomic E-state index is 11.6. The molecule has 25 heavy (non-hydrogen) atoms. The van der Waals surface area contributed by atoms with Crippen LogP contribution in [0.15, 0.2) is 29.1 Å². The molecule has 132 valence electrons. The molecule has 0 radical (unpaired) electrons. The van der Waals surface area contributed by atoms with Crippen LogP contribution in [0.2, 0.25) is 0 Å². The number of hydrogen-bond donors (Lipinski definition) is 2. The molecule has 8 nitrogen and oxygen atoms in total. The third-order valence-electron chi connectivity index (χ3n) is 4.80. The van der Waals surface area contributed by atoms with Crippen LogP contribution in [-0.2, 0) is 23.1 Å². The van der Waals surface area contributed by atoms with Crippen LogP contribution in [0.3, 0.4) is 0 Å². The number of anilines is 1. The molecule has 0 saturated carbocycles. The lowest BCUT2D eigenvalue weighted by Gasteiger charge is -2.26. The molecular weight excluding hydrogens is 322 g/mol. The maximum Gasteiger partial charge on any atom is 0.343 e. The topological polar surface area (TPSA) is 92.2 Å². The summed E-state index contributed by atoms with van der Waals surface area (Å²) in [6.45, 7) is 2.08. The van der Waals surface area contributed by atoms with E-state index in [0.717, 1.165) is 18.7 Å². The second-order valence-corrected chi connectivity index (χ2v) is 6.65. The molecule has 2 N–H and O–H groups in total. The van der Waals surface area contributed by atoms with Gasteiger partial charge in [-0.15, -0.1) is 0 Å². The lowest BCUT2D eigenvalue weighted by atomic mass is 9.94. The van der Waals surface area contributed by atoms with Crippen LogP contribution < -0.4 is 15.9 Å². The molecule has 1 amide bonds. The number of morpholine rings is 1. The number of carbonyl (C=O) groups is 1. The van der Waals surface area contributed by atoms with Crippen molar-refractivity contribution < 1.29 is 9.53 Å². The lowest BCUT2D eigenvalue weighted by Crippen LogP contribution is -2.46.